The molecule has 4 nitrogen and oxygen atoms in total. The lowest BCUT2D eigenvalue weighted by molar-refractivity contribution is 0.0919. The summed E-state index contributed by atoms with van der Waals surface area (Å²) in [6, 6.07) is 14.1. The Balaban J connectivity index is 1.38. The number of para-hydroxylation sites is 1. The first-order chi connectivity index (χ1) is 12.7. The molecule has 2 aromatic carbocycles. The molecule has 4 rings (SSSR count). The maximum atomic E-state index is 13.0. The molecule has 1 aromatic heterocycles. The molecule has 3 aromatic rings. The van der Waals surface area contributed by atoms with Crippen molar-refractivity contribution in [2.24, 2.45) is 0 Å². The number of nitrogens with zero attached hydrogens (tertiary/aromatic N) is 1. The van der Waals surface area contributed by atoms with Crippen LogP contribution in [0.3, 0.4) is 0 Å². The van der Waals surface area contributed by atoms with Crippen LogP contribution >= 0.6 is 11.3 Å². The Morgan fingerprint density at radius 1 is 1.23 bits per heavy atom. The third kappa shape index (κ3) is 3.75. The van der Waals surface area contributed by atoms with Crippen molar-refractivity contribution in [2.45, 2.75) is 18.9 Å². The van der Waals surface area contributed by atoms with E-state index in [9.17, 15) is 9.18 Å². The summed E-state index contributed by atoms with van der Waals surface area (Å²) in [6.07, 6.45) is 2.93. The highest BCUT2D eigenvalue weighted by molar-refractivity contribution is 7.13. The normalized spacial score (nSPS) is 15.8. The number of amides is 1. The molecule has 1 N–H and O–H groups in total. The van der Waals surface area contributed by atoms with Gasteiger partial charge in [-0.2, -0.15) is 0 Å². The molecule has 0 radical (unpaired) electrons. The van der Waals surface area contributed by atoms with Crippen molar-refractivity contribution in [2.75, 3.05) is 6.61 Å². The van der Waals surface area contributed by atoms with Crippen LogP contribution in [0.1, 0.15) is 25.8 Å². The predicted octanol–water partition coefficient (Wildman–Crippen LogP) is 3.61. The summed E-state index contributed by atoms with van der Waals surface area (Å²) in [4.78, 5) is 17.4. The number of ether oxygens (including phenoxy) is 1. The molecule has 0 spiro atoms. The minimum absolute atomic E-state index is 0.0555. The van der Waals surface area contributed by atoms with E-state index in [2.05, 4.69) is 10.3 Å². The number of benzene rings is 2. The molecule has 0 saturated carbocycles. The van der Waals surface area contributed by atoms with Gasteiger partial charge >= 0.3 is 0 Å². The third-order valence-corrected chi connectivity index (χ3v) is 5.26. The summed E-state index contributed by atoms with van der Waals surface area (Å²) in [5, 5.41) is 3.84. The number of hydrogen-bond donors (Lipinski definition) is 1. The summed E-state index contributed by atoms with van der Waals surface area (Å²) in [5.74, 6) is 0.488. The van der Waals surface area contributed by atoms with E-state index in [1.165, 1.54) is 23.5 Å². The number of carbonyl (C=O) groups excluding carboxylic acids is 1. The molecule has 6 heteroatoms. The van der Waals surface area contributed by atoms with Crippen LogP contribution in [0.15, 0.2) is 54.7 Å². The maximum Gasteiger partial charge on any atom is 0.263 e. The van der Waals surface area contributed by atoms with Crippen molar-refractivity contribution in [3.63, 3.8) is 0 Å². The number of hydrogen-bond acceptors (Lipinski definition) is 4. The van der Waals surface area contributed by atoms with Crippen molar-refractivity contribution in [1.29, 1.82) is 0 Å². The summed E-state index contributed by atoms with van der Waals surface area (Å²) in [5.41, 5.74) is 2.07. The summed E-state index contributed by atoms with van der Waals surface area (Å²) >= 11 is 1.36. The Labute approximate surface area is 154 Å². The Hall–Kier alpha value is -2.73. The highest BCUT2D eigenvalue weighted by Crippen LogP contribution is 2.24. The Bertz CT molecular complexity index is 924. The van der Waals surface area contributed by atoms with Crippen molar-refractivity contribution in [3.8, 4) is 5.75 Å². The van der Waals surface area contributed by atoms with Gasteiger partial charge in [-0.05, 0) is 35.7 Å². The Morgan fingerprint density at radius 2 is 2.04 bits per heavy atom. The van der Waals surface area contributed by atoms with Crippen molar-refractivity contribution in [3.05, 3.63) is 81.6 Å². The van der Waals surface area contributed by atoms with E-state index in [0.717, 1.165) is 28.3 Å². The number of thiazole rings is 1. The van der Waals surface area contributed by atoms with Crippen LogP contribution in [-0.4, -0.2) is 23.5 Å². The van der Waals surface area contributed by atoms with E-state index in [4.69, 9.17) is 4.74 Å². The van der Waals surface area contributed by atoms with Crippen LogP contribution in [0.2, 0.25) is 0 Å². The standard InChI is InChI=1S/C20H17FN2O2S/c21-15-7-5-13(6-8-15)9-19-22-11-18(26-19)20(24)23-16-10-14-3-1-2-4-17(14)25-12-16/h1-8,11,16H,9-10,12H2,(H,23,24)/t16-/m0/s1. The van der Waals surface area contributed by atoms with Crippen LogP contribution < -0.4 is 10.1 Å². The van der Waals surface area contributed by atoms with Crippen LogP contribution in [0, 0.1) is 5.82 Å². The zero-order valence-electron chi connectivity index (χ0n) is 13.9. The van der Waals surface area contributed by atoms with Gasteiger partial charge in [0, 0.05) is 6.42 Å². The Morgan fingerprint density at radius 3 is 2.88 bits per heavy atom. The lowest BCUT2D eigenvalue weighted by Gasteiger charge is -2.25. The molecule has 26 heavy (non-hydrogen) atoms. The maximum absolute atomic E-state index is 13.0. The minimum atomic E-state index is -0.260. The molecule has 0 aliphatic carbocycles. The molecule has 1 atom stereocenters. The van der Waals surface area contributed by atoms with E-state index >= 15 is 0 Å². The third-order valence-electron chi connectivity index (χ3n) is 4.26. The van der Waals surface area contributed by atoms with Gasteiger partial charge in [-0.1, -0.05) is 30.3 Å². The molecule has 2 heterocycles. The van der Waals surface area contributed by atoms with Gasteiger partial charge in [-0.3, -0.25) is 4.79 Å². The number of rotatable bonds is 4. The van der Waals surface area contributed by atoms with Gasteiger partial charge in [-0.15, -0.1) is 11.3 Å². The van der Waals surface area contributed by atoms with Crippen LogP contribution in [0.4, 0.5) is 4.39 Å². The highest BCUT2D eigenvalue weighted by atomic mass is 32.1. The van der Waals surface area contributed by atoms with E-state index in [1.807, 2.05) is 24.3 Å². The van der Waals surface area contributed by atoms with Gasteiger partial charge in [0.25, 0.3) is 5.91 Å². The second-order valence-corrected chi connectivity index (χ2v) is 7.33. The first-order valence-electron chi connectivity index (χ1n) is 8.38. The summed E-state index contributed by atoms with van der Waals surface area (Å²) in [7, 11) is 0. The van der Waals surface area contributed by atoms with E-state index in [0.29, 0.717) is 17.9 Å². The zero-order valence-corrected chi connectivity index (χ0v) is 14.8. The Kier molecular flexibility index (Phi) is 4.67. The molecule has 1 aliphatic heterocycles. The first kappa shape index (κ1) is 16.7. The molecule has 0 unspecified atom stereocenters. The zero-order chi connectivity index (χ0) is 17.9. The average Bonchev–Trinajstić information content (AvgIpc) is 3.12. The summed E-state index contributed by atoms with van der Waals surface area (Å²) < 4.78 is 18.7. The molecule has 1 aliphatic rings. The van der Waals surface area contributed by atoms with Crippen molar-refractivity contribution in [1.82, 2.24) is 10.3 Å². The predicted molar refractivity (Wildman–Crippen MR) is 98.2 cm³/mol. The average molecular weight is 368 g/mol. The SMILES string of the molecule is O=C(N[C@@H]1COc2ccccc2C1)c1cnc(Cc2ccc(F)cc2)s1. The van der Waals surface area contributed by atoms with Crippen molar-refractivity contribution >= 4 is 17.2 Å². The van der Waals surface area contributed by atoms with Crippen LogP contribution in [0.5, 0.6) is 5.75 Å². The lowest BCUT2D eigenvalue weighted by Crippen LogP contribution is -2.42. The smallest absolute Gasteiger partial charge is 0.263 e. The number of fused-ring (bicyclic) bond motifs is 1. The molecule has 0 bridgehead atoms. The lowest BCUT2D eigenvalue weighted by atomic mass is 10.0. The fourth-order valence-corrected chi connectivity index (χ4v) is 3.81. The summed E-state index contributed by atoms with van der Waals surface area (Å²) in [6.45, 7) is 0.462. The molecule has 0 fully saturated rings. The topological polar surface area (TPSA) is 51.2 Å². The highest BCUT2D eigenvalue weighted by Gasteiger charge is 2.22. The van der Waals surface area contributed by atoms with Gasteiger partial charge in [0.15, 0.2) is 0 Å². The second-order valence-electron chi connectivity index (χ2n) is 6.21. The molecule has 0 saturated heterocycles. The minimum Gasteiger partial charge on any atom is -0.491 e. The van der Waals surface area contributed by atoms with Gasteiger partial charge in [0.1, 0.15) is 23.1 Å². The monoisotopic (exact) mass is 368 g/mol. The fourth-order valence-electron chi connectivity index (χ4n) is 2.95. The van der Waals surface area contributed by atoms with Gasteiger partial charge in [-0.25, -0.2) is 9.37 Å². The molecule has 1 amide bonds. The second kappa shape index (κ2) is 7.25. The number of nitrogens with one attached hydrogen (secondary N) is 1. The van der Waals surface area contributed by atoms with Gasteiger partial charge in [0.2, 0.25) is 0 Å². The molecular formula is C20H17FN2O2S. The van der Waals surface area contributed by atoms with Crippen LogP contribution in [-0.2, 0) is 12.8 Å². The van der Waals surface area contributed by atoms with E-state index < -0.39 is 0 Å². The quantitative estimate of drug-likeness (QED) is 0.765. The number of aromatic nitrogens is 1. The largest absolute Gasteiger partial charge is 0.491 e. The number of halogens is 1. The molecule has 132 valence electrons. The first-order valence-corrected chi connectivity index (χ1v) is 9.20. The number of carbonyl (C=O) groups is 1. The molecular weight excluding hydrogens is 351 g/mol. The van der Waals surface area contributed by atoms with Crippen molar-refractivity contribution < 1.29 is 13.9 Å². The van der Waals surface area contributed by atoms with E-state index in [-0.39, 0.29) is 17.8 Å². The van der Waals surface area contributed by atoms with Gasteiger partial charge < -0.3 is 10.1 Å². The fraction of sp³-hybridized carbons (Fsp3) is 0.200. The van der Waals surface area contributed by atoms with Crippen LogP contribution in [0.25, 0.3) is 0 Å². The van der Waals surface area contributed by atoms with E-state index in [1.54, 1.807) is 18.3 Å². The van der Waals surface area contributed by atoms with Gasteiger partial charge in [0.05, 0.1) is 17.2 Å².